The number of likely N-dealkylation sites (tertiary alicyclic amines) is 1. The summed E-state index contributed by atoms with van der Waals surface area (Å²) in [6.07, 6.45) is 2.31. The third-order valence-corrected chi connectivity index (χ3v) is 6.52. The van der Waals surface area contributed by atoms with Crippen molar-refractivity contribution in [3.63, 3.8) is 0 Å². The molecule has 0 spiro atoms. The molecule has 1 atom stereocenters. The molecule has 0 aliphatic carbocycles. The lowest BCUT2D eigenvalue weighted by Crippen LogP contribution is -2.47. The number of piperidine rings is 1. The summed E-state index contributed by atoms with van der Waals surface area (Å²) in [4.78, 5) is 30.4. The van der Waals surface area contributed by atoms with Crippen LogP contribution in [-0.4, -0.2) is 48.6 Å². The van der Waals surface area contributed by atoms with E-state index in [2.05, 4.69) is 0 Å². The highest BCUT2D eigenvalue weighted by atomic mass is 16.3. The number of amides is 2. The summed E-state index contributed by atoms with van der Waals surface area (Å²) >= 11 is 0. The molecule has 1 N–H and O–H groups in total. The number of aliphatic hydroxyl groups is 1. The highest BCUT2D eigenvalue weighted by Gasteiger charge is 2.51. The average Bonchev–Trinajstić information content (AvgIpc) is 2.97. The fourth-order valence-electron chi connectivity index (χ4n) is 4.80. The molecule has 2 aliphatic rings. The van der Waals surface area contributed by atoms with Crippen molar-refractivity contribution >= 4 is 17.5 Å². The Morgan fingerprint density at radius 3 is 2.41 bits per heavy atom. The van der Waals surface area contributed by atoms with E-state index in [1.54, 1.807) is 11.9 Å². The van der Waals surface area contributed by atoms with Crippen LogP contribution in [0.4, 0.5) is 5.69 Å². The van der Waals surface area contributed by atoms with E-state index < -0.39 is 5.41 Å². The van der Waals surface area contributed by atoms with E-state index >= 15 is 0 Å². The van der Waals surface area contributed by atoms with Crippen molar-refractivity contribution in [1.29, 1.82) is 0 Å². The monoisotopic (exact) mass is 392 g/mol. The average molecular weight is 392 g/mol. The van der Waals surface area contributed by atoms with Gasteiger partial charge in [0.05, 0.1) is 5.41 Å². The van der Waals surface area contributed by atoms with Gasteiger partial charge in [-0.25, -0.2) is 0 Å². The van der Waals surface area contributed by atoms with Crippen LogP contribution in [0.3, 0.4) is 0 Å². The fraction of sp³-hybridized carbons (Fsp3) is 0.417. The number of benzene rings is 2. The first-order valence-electron chi connectivity index (χ1n) is 10.4. The van der Waals surface area contributed by atoms with E-state index in [1.807, 2.05) is 59.5 Å². The summed E-state index contributed by atoms with van der Waals surface area (Å²) < 4.78 is 0. The molecule has 2 amide bonds. The molecule has 0 radical (unpaired) electrons. The van der Waals surface area contributed by atoms with E-state index in [0.717, 1.165) is 29.7 Å². The molecule has 1 unspecified atom stereocenters. The second-order valence-corrected chi connectivity index (χ2v) is 8.31. The van der Waals surface area contributed by atoms with Gasteiger partial charge in [0.15, 0.2) is 0 Å². The molecule has 2 aliphatic heterocycles. The van der Waals surface area contributed by atoms with Crippen LogP contribution in [0.5, 0.6) is 0 Å². The summed E-state index contributed by atoms with van der Waals surface area (Å²) in [7, 11) is 1.80. The molecule has 2 heterocycles. The number of likely N-dealkylation sites (N-methyl/N-ethyl adjacent to an activating group) is 1. The van der Waals surface area contributed by atoms with Crippen LogP contribution in [-0.2, 0) is 21.4 Å². The highest BCUT2D eigenvalue weighted by Crippen LogP contribution is 2.46. The Kier molecular flexibility index (Phi) is 5.41. The van der Waals surface area contributed by atoms with Gasteiger partial charge in [0, 0.05) is 38.9 Å². The molecule has 5 nitrogen and oxygen atoms in total. The summed E-state index contributed by atoms with van der Waals surface area (Å²) in [5, 5.41) is 9.37. The number of aliphatic hydroxyl groups excluding tert-OH is 1. The van der Waals surface area contributed by atoms with Gasteiger partial charge in [0.1, 0.15) is 0 Å². The van der Waals surface area contributed by atoms with Gasteiger partial charge in [0.25, 0.3) is 0 Å². The Bertz CT molecular complexity index is 890. The molecule has 1 fully saturated rings. The van der Waals surface area contributed by atoms with E-state index in [0.29, 0.717) is 19.5 Å². The largest absolute Gasteiger partial charge is 0.396 e. The van der Waals surface area contributed by atoms with Crippen molar-refractivity contribution < 1.29 is 14.7 Å². The second-order valence-electron chi connectivity index (χ2n) is 8.31. The quantitative estimate of drug-likeness (QED) is 0.851. The smallest absolute Gasteiger partial charge is 0.238 e. The molecule has 1 saturated heterocycles. The topological polar surface area (TPSA) is 60.9 Å². The van der Waals surface area contributed by atoms with E-state index in [-0.39, 0.29) is 30.8 Å². The van der Waals surface area contributed by atoms with Gasteiger partial charge in [0.2, 0.25) is 11.8 Å². The molecule has 2 aromatic carbocycles. The maximum absolute atomic E-state index is 13.5. The number of hydrogen-bond donors (Lipinski definition) is 1. The van der Waals surface area contributed by atoms with Crippen LogP contribution >= 0.6 is 0 Å². The number of rotatable bonds is 5. The molecule has 5 heteroatoms. The Morgan fingerprint density at radius 1 is 1.07 bits per heavy atom. The van der Waals surface area contributed by atoms with Gasteiger partial charge < -0.3 is 14.9 Å². The number of anilines is 1. The molecule has 4 rings (SSSR count). The Balaban J connectivity index is 1.67. The Morgan fingerprint density at radius 2 is 1.72 bits per heavy atom. The van der Waals surface area contributed by atoms with Crippen LogP contribution in [0.25, 0.3) is 0 Å². The van der Waals surface area contributed by atoms with Crippen molar-refractivity contribution in [2.75, 3.05) is 31.6 Å². The summed E-state index contributed by atoms with van der Waals surface area (Å²) in [6.45, 7) is 1.48. The zero-order valence-electron chi connectivity index (χ0n) is 16.9. The third-order valence-electron chi connectivity index (χ3n) is 6.52. The maximum atomic E-state index is 13.5. The molecular weight excluding hydrogens is 364 g/mol. The van der Waals surface area contributed by atoms with Gasteiger partial charge in [-0.3, -0.25) is 9.59 Å². The van der Waals surface area contributed by atoms with Crippen LogP contribution in [0.15, 0.2) is 54.6 Å². The van der Waals surface area contributed by atoms with Crippen LogP contribution in [0, 0.1) is 5.92 Å². The first-order valence-corrected chi connectivity index (χ1v) is 10.4. The predicted molar refractivity (Wildman–Crippen MR) is 113 cm³/mol. The lowest BCUT2D eigenvalue weighted by Gasteiger charge is -2.35. The minimum atomic E-state index is -0.877. The first-order chi connectivity index (χ1) is 14.0. The normalized spacial score (nSPS) is 22.1. The van der Waals surface area contributed by atoms with E-state index in [1.165, 1.54) is 0 Å². The molecule has 0 aromatic heterocycles. The second kappa shape index (κ2) is 7.99. The standard InChI is InChI=1S/C24H28N2O3/c1-25-21-10-6-5-9-20(21)24(23(25)29,15-18-7-3-2-4-8-18)16-22(28)26-13-11-19(17-27)12-14-26/h2-10,19,27H,11-17H2,1H3. The summed E-state index contributed by atoms with van der Waals surface area (Å²) in [5.41, 5.74) is 2.00. The van der Waals surface area contributed by atoms with Gasteiger partial charge in [-0.15, -0.1) is 0 Å². The van der Waals surface area contributed by atoms with Crippen molar-refractivity contribution in [1.82, 2.24) is 4.90 Å². The minimum absolute atomic E-state index is 0.0128. The zero-order chi connectivity index (χ0) is 20.4. The first kappa shape index (κ1) is 19.6. The number of carbonyl (C=O) groups is 2. The van der Waals surface area contributed by atoms with Crippen molar-refractivity contribution in [3.8, 4) is 0 Å². The van der Waals surface area contributed by atoms with Crippen molar-refractivity contribution in [2.45, 2.75) is 31.1 Å². The maximum Gasteiger partial charge on any atom is 0.238 e. The van der Waals surface area contributed by atoms with Gasteiger partial charge in [-0.05, 0) is 42.4 Å². The third kappa shape index (κ3) is 3.55. The Labute approximate surface area is 171 Å². The zero-order valence-corrected chi connectivity index (χ0v) is 16.9. The van der Waals surface area contributed by atoms with Crippen LogP contribution in [0.2, 0.25) is 0 Å². The van der Waals surface area contributed by atoms with E-state index in [9.17, 15) is 14.7 Å². The minimum Gasteiger partial charge on any atom is -0.396 e. The predicted octanol–water partition coefficient (Wildman–Crippen LogP) is 2.76. The molecule has 0 saturated carbocycles. The van der Waals surface area contributed by atoms with Crippen molar-refractivity contribution in [3.05, 3.63) is 65.7 Å². The molecule has 2 aromatic rings. The van der Waals surface area contributed by atoms with Crippen LogP contribution in [0.1, 0.15) is 30.4 Å². The lowest BCUT2D eigenvalue weighted by atomic mass is 9.73. The number of para-hydroxylation sites is 1. The van der Waals surface area contributed by atoms with Crippen LogP contribution < -0.4 is 4.90 Å². The fourth-order valence-corrected chi connectivity index (χ4v) is 4.80. The molecule has 152 valence electrons. The molecular formula is C24H28N2O3. The van der Waals surface area contributed by atoms with Gasteiger partial charge >= 0.3 is 0 Å². The van der Waals surface area contributed by atoms with Crippen molar-refractivity contribution in [2.24, 2.45) is 5.92 Å². The number of nitrogens with zero attached hydrogens (tertiary/aromatic N) is 2. The van der Waals surface area contributed by atoms with E-state index in [4.69, 9.17) is 0 Å². The van der Waals surface area contributed by atoms with Gasteiger partial charge in [-0.1, -0.05) is 48.5 Å². The summed E-state index contributed by atoms with van der Waals surface area (Å²) in [5.74, 6) is 0.286. The number of hydrogen-bond acceptors (Lipinski definition) is 3. The molecule has 29 heavy (non-hydrogen) atoms. The highest BCUT2D eigenvalue weighted by molar-refractivity contribution is 6.09. The summed E-state index contributed by atoms with van der Waals surface area (Å²) in [6, 6.07) is 17.8. The molecule has 0 bridgehead atoms. The Hall–Kier alpha value is -2.66. The number of carbonyl (C=O) groups excluding carboxylic acids is 2. The van der Waals surface area contributed by atoms with Gasteiger partial charge in [-0.2, -0.15) is 0 Å². The SMILES string of the molecule is CN1C(=O)C(CC(=O)N2CCC(CO)CC2)(Cc2ccccc2)c2ccccc21. The number of fused-ring (bicyclic) bond motifs is 1. The lowest BCUT2D eigenvalue weighted by molar-refractivity contribution is -0.137.